The van der Waals surface area contributed by atoms with E-state index in [4.69, 9.17) is 10.5 Å². The number of amidine groups is 1. The molecule has 13 heavy (non-hydrogen) atoms. The molecule has 68 valence electrons. The number of aromatic nitrogens is 1. The van der Waals surface area contributed by atoms with Crippen molar-refractivity contribution >= 4 is 23.3 Å². The van der Waals surface area contributed by atoms with Gasteiger partial charge in [0.15, 0.2) is 0 Å². The van der Waals surface area contributed by atoms with Crippen LogP contribution in [0.15, 0.2) is 10.4 Å². The standard InChI is InChI=1S/C7H7N3O2S/c1-3-2-13-6(9-3)4-5(11)10-7(8)12-4/h2,4H,1H3,(H2,8,10,11). The molecule has 0 aromatic carbocycles. The number of ether oxygens (including phenoxy) is 1. The smallest absolute Gasteiger partial charge is 0.298 e. The molecule has 1 atom stereocenters. The highest BCUT2D eigenvalue weighted by molar-refractivity contribution is 7.09. The van der Waals surface area contributed by atoms with Crippen LogP contribution in [0.4, 0.5) is 0 Å². The van der Waals surface area contributed by atoms with Crippen molar-refractivity contribution in [1.82, 2.24) is 4.98 Å². The molecule has 0 saturated heterocycles. The average molecular weight is 197 g/mol. The predicted molar refractivity (Wildman–Crippen MR) is 47.3 cm³/mol. The van der Waals surface area contributed by atoms with E-state index in [0.717, 1.165) is 5.69 Å². The fourth-order valence-electron chi connectivity index (χ4n) is 1.01. The molecule has 1 aromatic heterocycles. The minimum Gasteiger partial charge on any atom is -0.444 e. The molecule has 1 aromatic rings. The Labute approximate surface area is 78.3 Å². The molecule has 5 nitrogen and oxygen atoms in total. The van der Waals surface area contributed by atoms with E-state index in [0.29, 0.717) is 5.01 Å². The zero-order chi connectivity index (χ0) is 9.42. The van der Waals surface area contributed by atoms with E-state index in [-0.39, 0.29) is 11.9 Å². The third kappa shape index (κ3) is 1.40. The van der Waals surface area contributed by atoms with Gasteiger partial charge in [0.25, 0.3) is 11.9 Å². The van der Waals surface area contributed by atoms with Gasteiger partial charge in [0.1, 0.15) is 5.01 Å². The highest BCUT2D eigenvalue weighted by atomic mass is 32.1. The highest BCUT2D eigenvalue weighted by Gasteiger charge is 2.31. The van der Waals surface area contributed by atoms with E-state index < -0.39 is 6.10 Å². The molecule has 0 aliphatic carbocycles. The Morgan fingerprint density at radius 2 is 2.46 bits per heavy atom. The fraction of sp³-hybridized carbons (Fsp3) is 0.286. The van der Waals surface area contributed by atoms with Crippen LogP contribution in [0.5, 0.6) is 0 Å². The first-order valence-electron chi connectivity index (χ1n) is 3.63. The lowest BCUT2D eigenvalue weighted by Crippen LogP contribution is -2.13. The van der Waals surface area contributed by atoms with Crippen molar-refractivity contribution in [1.29, 1.82) is 0 Å². The van der Waals surface area contributed by atoms with Crippen molar-refractivity contribution in [3.05, 3.63) is 16.1 Å². The molecule has 0 spiro atoms. The Balaban J connectivity index is 2.25. The van der Waals surface area contributed by atoms with Crippen molar-refractivity contribution in [3.63, 3.8) is 0 Å². The molecule has 0 fully saturated rings. The monoisotopic (exact) mass is 197 g/mol. The first-order valence-corrected chi connectivity index (χ1v) is 4.51. The second kappa shape index (κ2) is 2.81. The quantitative estimate of drug-likeness (QED) is 0.705. The molecular weight excluding hydrogens is 190 g/mol. The van der Waals surface area contributed by atoms with E-state index in [1.165, 1.54) is 11.3 Å². The van der Waals surface area contributed by atoms with Gasteiger partial charge in [-0.1, -0.05) is 0 Å². The van der Waals surface area contributed by atoms with Crippen molar-refractivity contribution < 1.29 is 9.53 Å². The zero-order valence-electron chi connectivity index (χ0n) is 6.85. The van der Waals surface area contributed by atoms with Crippen LogP contribution >= 0.6 is 11.3 Å². The first kappa shape index (κ1) is 8.18. The summed E-state index contributed by atoms with van der Waals surface area (Å²) in [6.45, 7) is 1.85. The van der Waals surface area contributed by atoms with Gasteiger partial charge in [-0.05, 0) is 6.92 Å². The predicted octanol–water partition coefficient (Wildman–Crippen LogP) is 0.364. The van der Waals surface area contributed by atoms with E-state index in [1.807, 2.05) is 12.3 Å². The minimum atomic E-state index is -0.723. The van der Waals surface area contributed by atoms with Gasteiger partial charge < -0.3 is 10.5 Å². The van der Waals surface area contributed by atoms with Crippen molar-refractivity contribution in [2.45, 2.75) is 13.0 Å². The van der Waals surface area contributed by atoms with Crippen LogP contribution in [0, 0.1) is 6.92 Å². The summed E-state index contributed by atoms with van der Waals surface area (Å²) in [6.07, 6.45) is -0.723. The summed E-state index contributed by atoms with van der Waals surface area (Å²) in [4.78, 5) is 18.7. The molecule has 0 saturated carbocycles. The topological polar surface area (TPSA) is 77.6 Å². The van der Waals surface area contributed by atoms with Crippen LogP contribution in [0.3, 0.4) is 0 Å². The third-order valence-corrected chi connectivity index (χ3v) is 2.55. The number of aryl methyl sites for hydroxylation is 1. The zero-order valence-corrected chi connectivity index (χ0v) is 7.67. The SMILES string of the molecule is Cc1csc(C2OC(N)=NC2=O)n1. The number of carbonyl (C=O) groups excluding carboxylic acids is 1. The van der Waals surface area contributed by atoms with Crippen LogP contribution < -0.4 is 5.73 Å². The number of rotatable bonds is 1. The molecule has 0 radical (unpaired) electrons. The Bertz CT molecular complexity index is 385. The Morgan fingerprint density at radius 1 is 1.69 bits per heavy atom. The van der Waals surface area contributed by atoms with Crippen molar-refractivity contribution in [2.24, 2.45) is 10.7 Å². The molecule has 1 unspecified atom stereocenters. The van der Waals surface area contributed by atoms with Gasteiger partial charge in [-0.25, -0.2) is 4.98 Å². The lowest BCUT2D eigenvalue weighted by molar-refractivity contribution is -0.122. The molecule has 1 aliphatic rings. The number of amides is 1. The molecule has 2 N–H and O–H groups in total. The van der Waals surface area contributed by atoms with Crippen molar-refractivity contribution in [3.8, 4) is 0 Å². The van der Waals surface area contributed by atoms with Crippen molar-refractivity contribution in [2.75, 3.05) is 0 Å². The van der Waals surface area contributed by atoms with Gasteiger partial charge in [-0.3, -0.25) is 4.79 Å². The summed E-state index contributed by atoms with van der Waals surface area (Å²) in [6, 6.07) is -0.0807. The van der Waals surface area contributed by atoms with Gasteiger partial charge in [0.05, 0.1) is 0 Å². The molecule has 1 amide bonds. The number of aliphatic imine (C=N–C) groups is 1. The molecule has 2 rings (SSSR count). The van der Waals surface area contributed by atoms with Gasteiger partial charge in [-0.2, -0.15) is 4.99 Å². The summed E-state index contributed by atoms with van der Waals surface area (Å²) in [7, 11) is 0. The van der Waals surface area contributed by atoms with Crippen LogP contribution in [0.2, 0.25) is 0 Å². The molecule has 0 bridgehead atoms. The second-order valence-electron chi connectivity index (χ2n) is 2.61. The molecule has 1 aliphatic heterocycles. The Hall–Kier alpha value is -1.43. The van der Waals surface area contributed by atoms with Crippen LogP contribution in [-0.4, -0.2) is 16.9 Å². The largest absolute Gasteiger partial charge is 0.444 e. The van der Waals surface area contributed by atoms with E-state index in [9.17, 15) is 4.79 Å². The van der Waals surface area contributed by atoms with Gasteiger partial charge in [0, 0.05) is 11.1 Å². The third-order valence-electron chi connectivity index (χ3n) is 1.54. The maximum Gasteiger partial charge on any atom is 0.298 e. The van der Waals surface area contributed by atoms with Crippen LogP contribution in [0.25, 0.3) is 0 Å². The Morgan fingerprint density at radius 3 is 2.92 bits per heavy atom. The van der Waals surface area contributed by atoms with Crippen LogP contribution in [0.1, 0.15) is 16.8 Å². The molecule has 6 heteroatoms. The molecular formula is C7H7N3O2S. The summed E-state index contributed by atoms with van der Waals surface area (Å²) >= 11 is 1.37. The average Bonchev–Trinajstić information content (AvgIpc) is 2.58. The maximum atomic E-state index is 11.2. The second-order valence-corrected chi connectivity index (χ2v) is 3.50. The lowest BCUT2D eigenvalue weighted by Gasteiger charge is -2.02. The fourth-order valence-corrected chi connectivity index (χ4v) is 1.83. The Kier molecular flexibility index (Phi) is 1.77. The lowest BCUT2D eigenvalue weighted by atomic mass is 10.3. The minimum absolute atomic E-state index is 0.0807. The first-order chi connectivity index (χ1) is 6.16. The number of hydrogen-bond acceptors (Lipinski definition) is 5. The summed E-state index contributed by atoms with van der Waals surface area (Å²) in [5, 5.41) is 2.45. The number of nitrogens with two attached hydrogens (primary N) is 1. The van der Waals surface area contributed by atoms with Crippen LogP contribution in [-0.2, 0) is 9.53 Å². The van der Waals surface area contributed by atoms with E-state index in [1.54, 1.807) is 0 Å². The molecule has 2 heterocycles. The van der Waals surface area contributed by atoms with Gasteiger partial charge in [0.2, 0.25) is 6.10 Å². The normalized spacial score (nSPS) is 21.5. The van der Waals surface area contributed by atoms with Gasteiger partial charge in [-0.15, -0.1) is 11.3 Å². The van der Waals surface area contributed by atoms with E-state index >= 15 is 0 Å². The van der Waals surface area contributed by atoms with Gasteiger partial charge >= 0.3 is 0 Å². The summed E-state index contributed by atoms with van der Waals surface area (Å²) in [5.74, 6) is -0.383. The summed E-state index contributed by atoms with van der Waals surface area (Å²) < 4.78 is 5.00. The highest BCUT2D eigenvalue weighted by Crippen LogP contribution is 2.25. The summed E-state index contributed by atoms with van der Waals surface area (Å²) in [5.41, 5.74) is 6.11. The number of thiazole rings is 1. The maximum absolute atomic E-state index is 11.2. The number of nitrogens with zero attached hydrogens (tertiary/aromatic N) is 2. The number of hydrogen-bond donors (Lipinski definition) is 1. The van der Waals surface area contributed by atoms with E-state index in [2.05, 4.69) is 9.98 Å². The number of carbonyl (C=O) groups is 1.